The average molecular weight is 563 g/mol. The number of carbonyl (C=O) groups excluding carboxylic acids is 4. The molecule has 40 heavy (non-hydrogen) atoms. The standard InChI is InChI=1S/C27H40N6O7/c1-20(2)17-23(26(36)28-10-13-38-15-16-39-14-12-33-11-9-29-32-33)31-27(37)24(30-21(3)34)18-25(35)40-19-22-7-5-4-6-8-22/h4-9,11,20,23-24H,10,12-19H2,1-3H3,(H,28,36)(H,30,34)(H,31,37)/t23-,24+/m1/s1/i9T. The molecule has 0 unspecified atom stereocenters. The van der Waals surface area contributed by atoms with Crippen molar-refractivity contribution in [2.45, 2.75) is 58.8 Å². The van der Waals surface area contributed by atoms with Crippen LogP contribution in [-0.4, -0.2) is 83.7 Å². The van der Waals surface area contributed by atoms with Gasteiger partial charge in [0.25, 0.3) is 0 Å². The highest BCUT2D eigenvalue weighted by Gasteiger charge is 2.28. The number of ether oxygens (including phenoxy) is 3. The Morgan fingerprint density at radius 3 is 2.35 bits per heavy atom. The van der Waals surface area contributed by atoms with Gasteiger partial charge in [0.1, 0.15) is 18.7 Å². The minimum atomic E-state index is -1.19. The van der Waals surface area contributed by atoms with Crippen LogP contribution >= 0.6 is 0 Å². The number of nitrogens with zero attached hydrogens (tertiary/aromatic N) is 3. The fourth-order valence-electron chi connectivity index (χ4n) is 3.55. The second-order valence-corrected chi connectivity index (χ2v) is 9.42. The molecule has 0 saturated heterocycles. The summed E-state index contributed by atoms with van der Waals surface area (Å²) in [6.07, 6.45) is 1.56. The van der Waals surface area contributed by atoms with Gasteiger partial charge in [-0.3, -0.25) is 23.9 Å². The lowest BCUT2D eigenvalue weighted by Gasteiger charge is -2.23. The Labute approximate surface area is 235 Å². The molecule has 1 aromatic heterocycles. The Morgan fingerprint density at radius 1 is 0.975 bits per heavy atom. The van der Waals surface area contributed by atoms with E-state index in [0.717, 1.165) is 5.56 Å². The molecule has 3 N–H and O–H groups in total. The third kappa shape index (κ3) is 13.8. The molecular weight excluding hydrogens is 520 g/mol. The van der Waals surface area contributed by atoms with Crippen LogP contribution in [0.5, 0.6) is 0 Å². The number of esters is 1. The summed E-state index contributed by atoms with van der Waals surface area (Å²) >= 11 is 0. The van der Waals surface area contributed by atoms with Crippen LogP contribution in [-0.2, 0) is 46.5 Å². The zero-order valence-electron chi connectivity index (χ0n) is 24.3. The maximum atomic E-state index is 13.0. The van der Waals surface area contributed by atoms with Gasteiger partial charge >= 0.3 is 5.97 Å². The van der Waals surface area contributed by atoms with Gasteiger partial charge in [0.05, 0.1) is 46.9 Å². The Hall–Kier alpha value is -3.84. The lowest BCUT2D eigenvalue weighted by molar-refractivity contribution is -0.147. The van der Waals surface area contributed by atoms with Crippen LogP contribution in [0.15, 0.2) is 42.7 Å². The molecule has 3 amide bonds. The largest absolute Gasteiger partial charge is 0.461 e. The second kappa shape index (κ2) is 18.4. The number of aromatic nitrogens is 3. The Kier molecular flexibility index (Phi) is 14.2. The van der Waals surface area contributed by atoms with Crippen molar-refractivity contribution >= 4 is 23.7 Å². The summed E-state index contributed by atoms with van der Waals surface area (Å²) in [6.45, 7) is 7.10. The van der Waals surface area contributed by atoms with Crippen molar-refractivity contribution < 1.29 is 34.8 Å². The van der Waals surface area contributed by atoms with E-state index < -0.39 is 35.8 Å². The first-order valence-electron chi connectivity index (χ1n) is 13.7. The highest BCUT2D eigenvalue weighted by atomic mass is 16.5. The van der Waals surface area contributed by atoms with Gasteiger partial charge in [0.2, 0.25) is 17.7 Å². The summed E-state index contributed by atoms with van der Waals surface area (Å²) in [5.41, 5.74) is 0.790. The lowest BCUT2D eigenvalue weighted by atomic mass is 10.0. The van der Waals surface area contributed by atoms with Gasteiger partial charge in [-0.05, 0) is 17.9 Å². The first kappa shape index (κ1) is 30.7. The molecule has 2 rings (SSSR count). The van der Waals surface area contributed by atoms with Crippen LogP contribution in [0, 0.1) is 5.92 Å². The minimum absolute atomic E-state index is 0.0388. The smallest absolute Gasteiger partial charge is 0.308 e. The van der Waals surface area contributed by atoms with Crippen LogP contribution in [0.4, 0.5) is 0 Å². The van der Waals surface area contributed by atoms with E-state index in [1.165, 1.54) is 17.8 Å². The molecule has 0 radical (unpaired) electrons. The Balaban J connectivity index is 1.75. The molecule has 220 valence electrons. The number of hydrogen-bond donors (Lipinski definition) is 3. The summed E-state index contributed by atoms with van der Waals surface area (Å²) < 4.78 is 25.0. The van der Waals surface area contributed by atoms with Gasteiger partial charge in [-0.15, -0.1) is 5.10 Å². The third-order valence-electron chi connectivity index (χ3n) is 5.45. The van der Waals surface area contributed by atoms with Gasteiger partial charge in [-0.2, -0.15) is 0 Å². The molecule has 0 aliphatic rings. The molecule has 2 atom stereocenters. The van der Waals surface area contributed by atoms with Crippen molar-refractivity contribution in [2.75, 3.05) is 33.0 Å². The fraction of sp³-hybridized carbons (Fsp3) is 0.556. The van der Waals surface area contributed by atoms with Crippen molar-refractivity contribution in [1.29, 1.82) is 0 Å². The summed E-state index contributed by atoms with van der Waals surface area (Å²) in [5, 5.41) is 15.2. The normalized spacial score (nSPS) is 12.8. The number of amides is 3. The summed E-state index contributed by atoms with van der Waals surface area (Å²) in [6, 6.07) is 7.01. The van der Waals surface area contributed by atoms with Crippen LogP contribution in [0.25, 0.3) is 0 Å². The van der Waals surface area contributed by atoms with E-state index in [2.05, 4.69) is 26.3 Å². The van der Waals surface area contributed by atoms with Gasteiger partial charge in [-0.25, -0.2) is 0 Å². The van der Waals surface area contributed by atoms with Crippen molar-refractivity contribution in [3.8, 4) is 0 Å². The van der Waals surface area contributed by atoms with Crippen LogP contribution < -0.4 is 16.0 Å². The predicted molar refractivity (Wildman–Crippen MR) is 145 cm³/mol. The maximum absolute atomic E-state index is 13.0. The molecular formula is C27H40N6O7. The number of nitrogens with one attached hydrogen (secondary N) is 3. The summed E-state index contributed by atoms with van der Waals surface area (Å²) in [7, 11) is 0. The minimum Gasteiger partial charge on any atom is -0.461 e. The van der Waals surface area contributed by atoms with Crippen LogP contribution in [0.2, 0.25) is 0 Å². The topological polar surface area (TPSA) is 163 Å². The van der Waals surface area contributed by atoms with Crippen molar-refractivity contribution in [1.82, 2.24) is 30.9 Å². The maximum Gasteiger partial charge on any atom is 0.308 e. The average Bonchev–Trinajstić information content (AvgIpc) is 3.34. The molecule has 0 aliphatic heterocycles. The molecule has 0 fully saturated rings. The molecule has 0 spiro atoms. The molecule has 2 aromatic rings. The summed E-state index contributed by atoms with van der Waals surface area (Å²) in [4.78, 5) is 50.0. The number of hydrogen-bond acceptors (Lipinski definition) is 9. The van der Waals surface area contributed by atoms with E-state index in [0.29, 0.717) is 32.8 Å². The van der Waals surface area contributed by atoms with Crippen LogP contribution in [0.1, 0.15) is 40.5 Å². The van der Waals surface area contributed by atoms with Gasteiger partial charge in [0.15, 0.2) is 0 Å². The highest BCUT2D eigenvalue weighted by molar-refractivity contribution is 5.93. The van der Waals surface area contributed by atoms with Crippen molar-refractivity contribution in [3.05, 3.63) is 48.3 Å². The predicted octanol–water partition coefficient (Wildman–Crippen LogP) is 0.597. The molecule has 13 heteroatoms. The molecule has 0 aliphatic carbocycles. The SMILES string of the molecule is [3H]c1cn(CCOCCOCCNC(=O)[C@@H](CC(C)C)NC(=O)[C@H](CC(=O)OCc2ccccc2)NC(C)=O)nn1. The van der Waals surface area contributed by atoms with Gasteiger partial charge < -0.3 is 30.2 Å². The van der Waals surface area contributed by atoms with E-state index in [1.807, 2.05) is 32.0 Å². The van der Waals surface area contributed by atoms with E-state index in [9.17, 15) is 19.2 Å². The zero-order chi connectivity index (χ0) is 30.0. The number of benzene rings is 1. The highest BCUT2D eigenvalue weighted by Crippen LogP contribution is 2.08. The van der Waals surface area contributed by atoms with Crippen molar-refractivity contribution in [3.63, 3.8) is 0 Å². The van der Waals surface area contributed by atoms with E-state index >= 15 is 0 Å². The summed E-state index contributed by atoms with van der Waals surface area (Å²) in [5.74, 6) is -2.13. The molecule has 13 nitrogen and oxygen atoms in total. The quantitative estimate of drug-likeness (QED) is 0.164. The first-order chi connectivity index (χ1) is 19.6. The van der Waals surface area contributed by atoms with Gasteiger partial charge in [-0.1, -0.05) is 49.4 Å². The number of carbonyl (C=O) groups is 4. The first-order valence-corrected chi connectivity index (χ1v) is 13.2. The second-order valence-electron chi connectivity index (χ2n) is 9.42. The lowest BCUT2D eigenvalue weighted by Crippen LogP contribution is -2.54. The van der Waals surface area contributed by atoms with E-state index in [1.54, 1.807) is 12.1 Å². The Morgan fingerprint density at radius 2 is 1.70 bits per heavy atom. The molecule has 1 heterocycles. The van der Waals surface area contributed by atoms with Gasteiger partial charge in [0, 0.05) is 19.7 Å². The molecule has 0 saturated carbocycles. The number of rotatable bonds is 19. The molecule has 1 aromatic carbocycles. The van der Waals surface area contributed by atoms with Crippen molar-refractivity contribution in [2.24, 2.45) is 5.92 Å². The Bertz CT molecular complexity index is 1100. The monoisotopic (exact) mass is 562 g/mol. The third-order valence-corrected chi connectivity index (χ3v) is 5.45. The van der Waals surface area contributed by atoms with E-state index in [-0.39, 0.29) is 38.3 Å². The fourth-order valence-corrected chi connectivity index (χ4v) is 3.55. The molecule has 0 bridgehead atoms. The van der Waals surface area contributed by atoms with E-state index in [4.69, 9.17) is 15.6 Å². The zero-order valence-corrected chi connectivity index (χ0v) is 23.3. The van der Waals surface area contributed by atoms with Crippen LogP contribution in [0.3, 0.4) is 0 Å².